The van der Waals surface area contributed by atoms with Crippen molar-refractivity contribution in [3.63, 3.8) is 0 Å². The van der Waals surface area contributed by atoms with Crippen molar-refractivity contribution in [3.8, 4) is 34.5 Å². The van der Waals surface area contributed by atoms with Gasteiger partial charge in [-0.3, -0.25) is 8.77 Å². The number of halogens is 3. The van der Waals surface area contributed by atoms with Gasteiger partial charge in [-0.2, -0.15) is 10.5 Å². The Morgan fingerprint density at radius 1 is 0.841 bits per heavy atom. The van der Waals surface area contributed by atoms with Crippen LogP contribution in [0, 0.1) is 22.7 Å². The van der Waals surface area contributed by atoms with E-state index in [2.05, 4.69) is 12.1 Å². The zero-order valence-corrected chi connectivity index (χ0v) is 24.7. The van der Waals surface area contributed by atoms with Crippen molar-refractivity contribution in [3.05, 3.63) is 130 Å². The van der Waals surface area contributed by atoms with E-state index in [1.807, 2.05) is 52.5 Å². The Morgan fingerprint density at radius 3 is 2.18 bits per heavy atom. The molecule has 0 unspecified atom stereocenters. The molecule has 44 heavy (non-hydrogen) atoms. The van der Waals surface area contributed by atoms with Crippen LogP contribution < -0.4 is 0 Å². The SMILES string of the molecule is N#Cc1cccc(C#N)c1-c1c(-c2cccc(C3=C(Cl)C=C(C=O)CC3)c2)n(Sc2ccc(C(F)F)cc2)c2ccccc12. The summed E-state index contributed by atoms with van der Waals surface area (Å²) in [5.41, 5.74) is 6.72. The average molecular weight is 618 g/mol. The fourth-order valence-corrected chi connectivity index (χ4v) is 6.91. The first-order chi connectivity index (χ1) is 21.4. The van der Waals surface area contributed by atoms with E-state index >= 15 is 0 Å². The highest BCUT2D eigenvalue weighted by Crippen LogP contribution is 2.47. The molecule has 0 atom stereocenters. The number of nitrogens with zero attached hydrogens (tertiary/aromatic N) is 3. The summed E-state index contributed by atoms with van der Waals surface area (Å²) in [7, 11) is 0. The molecule has 4 nitrogen and oxygen atoms in total. The second-order valence-corrected chi connectivity index (χ2v) is 11.6. The second-order valence-electron chi connectivity index (χ2n) is 10.2. The number of hydrogen-bond acceptors (Lipinski definition) is 4. The predicted molar refractivity (Wildman–Crippen MR) is 171 cm³/mol. The first-order valence-electron chi connectivity index (χ1n) is 13.7. The van der Waals surface area contributed by atoms with E-state index in [0.717, 1.165) is 50.0 Å². The molecule has 1 heterocycles. The first kappa shape index (κ1) is 29.1. The van der Waals surface area contributed by atoms with E-state index in [1.165, 1.54) is 24.1 Å². The summed E-state index contributed by atoms with van der Waals surface area (Å²) in [6.45, 7) is 0. The third-order valence-electron chi connectivity index (χ3n) is 7.62. The van der Waals surface area contributed by atoms with E-state index in [4.69, 9.17) is 11.6 Å². The van der Waals surface area contributed by atoms with Crippen LogP contribution in [0.25, 0.3) is 38.9 Å². The zero-order valence-electron chi connectivity index (χ0n) is 23.1. The van der Waals surface area contributed by atoms with Crippen LogP contribution in [0.3, 0.4) is 0 Å². The van der Waals surface area contributed by atoms with Gasteiger partial charge >= 0.3 is 0 Å². The lowest BCUT2D eigenvalue weighted by atomic mass is 9.89. The van der Waals surface area contributed by atoms with E-state index in [9.17, 15) is 24.1 Å². The molecule has 0 saturated heterocycles. The predicted octanol–water partition coefficient (Wildman–Crippen LogP) is 10.1. The van der Waals surface area contributed by atoms with Crippen molar-refractivity contribution in [2.45, 2.75) is 24.2 Å². The van der Waals surface area contributed by atoms with Gasteiger partial charge in [0.2, 0.25) is 0 Å². The Morgan fingerprint density at radius 2 is 1.52 bits per heavy atom. The van der Waals surface area contributed by atoms with Crippen molar-refractivity contribution in [1.29, 1.82) is 10.5 Å². The number of alkyl halides is 2. The number of para-hydroxylation sites is 1. The van der Waals surface area contributed by atoms with Crippen LogP contribution in [0.2, 0.25) is 0 Å². The van der Waals surface area contributed by atoms with Crippen molar-refractivity contribution in [2.75, 3.05) is 0 Å². The first-order valence-corrected chi connectivity index (χ1v) is 14.9. The lowest BCUT2D eigenvalue weighted by molar-refractivity contribution is -0.105. The van der Waals surface area contributed by atoms with Gasteiger partial charge in [-0.1, -0.05) is 66.2 Å². The number of aromatic nitrogens is 1. The molecule has 8 heteroatoms. The number of carbonyl (C=O) groups excluding carboxylic acids is 1. The normalized spacial score (nSPS) is 13.1. The van der Waals surface area contributed by atoms with Crippen LogP contribution in [0.15, 0.2) is 113 Å². The Kier molecular flexibility index (Phi) is 8.17. The van der Waals surface area contributed by atoms with Gasteiger partial charge in [0.25, 0.3) is 6.43 Å². The monoisotopic (exact) mass is 617 g/mol. The van der Waals surface area contributed by atoms with Gasteiger partial charge in [-0.15, -0.1) is 0 Å². The summed E-state index contributed by atoms with van der Waals surface area (Å²) >= 11 is 8.01. The Labute approximate surface area is 262 Å². The minimum Gasteiger partial charge on any atom is -0.298 e. The van der Waals surface area contributed by atoms with Crippen LogP contribution in [0.1, 0.15) is 41.5 Å². The number of benzene rings is 4. The van der Waals surface area contributed by atoms with E-state index in [1.54, 1.807) is 36.4 Å². The summed E-state index contributed by atoms with van der Waals surface area (Å²) in [6.07, 6.45) is 1.13. The van der Waals surface area contributed by atoms with Gasteiger partial charge in [-0.05, 0) is 84.0 Å². The molecule has 1 aromatic heterocycles. The largest absolute Gasteiger partial charge is 0.298 e. The van der Waals surface area contributed by atoms with Crippen molar-refractivity contribution in [2.24, 2.45) is 0 Å². The third kappa shape index (κ3) is 5.33. The van der Waals surface area contributed by atoms with E-state index < -0.39 is 6.43 Å². The van der Waals surface area contributed by atoms with Gasteiger partial charge in [0.1, 0.15) is 6.29 Å². The molecule has 0 amide bonds. The molecule has 0 spiro atoms. The standard InChI is InChI=1S/C36H22ClF2N3OS/c37-31-17-22(21-43)11-16-29(31)24-5-3-6-25(18-24)35-34(33-26(19-40)7-4-8-27(33)20-41)30-9-1-2-10-32(30)42(35)44-28-14-12-23(13-15-28)36(38)39/h1-10,12-15,17-18,21,36H,11,16H2. The summed E-state index contributed by atoms with van der Waals surface area (Å²) < 4.78 is 28.7. The van der Waals surface area contributed by atoms with Gasteiger partial charge in [0.15, 0.2) is 0 Å². The molecule has 0 radical (unpaired) electrons. The highest BCUT2D eigenvalue weighted by atomic mass is 35.5. The van der Waals surface area contributed by atoms with E-state index in [-0.39, 0.29) is 5.56 Å². The summed E-state index contributed by atoms with van der Waals surface area (Å²) in [5, 5.41) is 21.6. The number of rotatable bonds is 7. The molecule has 214 valence electrons. The van der Waals surface area contributed by atoms with Crippen LogP contribution in [-0.2, 0) is 4.79 Å². The highest BCUT2D eigenvalue weighted by Gasteiger charge is 2.26. The van der Waals surface area contributed by atoms with Gasteiger partial charge in [-0.25, -0.2) is 8.78 Å². The van der Waals surface area contributed by atoms with Crippen LogP contribution >= 0.6 is 23.5 Å². The second kappa shape index (κ2) is 12.3. The smallest absolute Gasteiger partial charge is 0.263 e. The molecule has 0 fully saturated rings. The van der Waals surface area contributed by atoms with E-state index in [0.29, 0.717) is 40.1 Å². The highest BCUT2D eigenvalue weighted by molar-refractivity contribution is 7.98. The van der Waals surface area contributed by atoms with Gasteiger partial charge < -0.3 is 0 Å². The van der Waals surface area contributed by atoms with Gasteiger partial charge in [0, 0.05) is 37.6 Å². The number of nitriles is 2. The molecule has 1 aliphatic carbocycles. The Balaban J connectivity index is 1.66. The maximum absolute atomic E-state index is 13.3. The molecule has 4 aromatic carbocycles. The van der Waals surface area contributed by atoms with Crippen molar-refractivity contribution >= 4 is 46.3 Å². The molecule has 0 aliphatic heterocycles. The molecule has 5 aromatic rings. The number of carbonyl (C=O) groups is 1. The minimum atomic E-state index is -2.57. The molecule has 1 aliphatic rings. The fourth-order valence-electron chi connectivity index (χ4n) is 5.55. The molecule has 0 N–H and O–H groups in total. The lowest BCUT2D eigenvalue weighted by Crippen LogP contribution is -1.99. The maximum Gasteiger partial charge on any atom is 0.263 e. The molecular formula is C36H22ClF2N3OS. The van der Waals surface area contributed by atoms with Gasteiger partial charge in [0.05, 0.1) is 34.5 Å². The van der Waals surface area contributed by atoms with Crippen molar-refractivity contribution < 1.29 is 13.6 Å². The number of hydrogen-bond donors (Lipinski definition) is 0. The third-order valence-corrected chi connectivity index (χ3v) is 9.00. The van der Waals surface area contributed by atoms with Crippen molar-refractivity contribution in [1.82, 2.24) is 3.97 Å². The van der Waals surface area contributed by atoms with Crippen LogP contribution in [0.4, 0.5) is 8.78 Å². The minimum absolute atomic E-state index is 0.0636. The summed E-state index contributed by atoms with van der Waals surface area (Å²) in [6, 6.07) is 31.4. The number of allylic oxidation sites excluding steroid dienone is 4. The maximum atomic E-state index is 13.3. The lowest BCUT2D eigenvalue weighted by Gasteiger charge is -2.17. The fraction of sp³-hybridized carbons (Fsp3) is 0.0833. The quantitative estimate of drug-likeness (QED) is 0.170. The summed E-state index contributed by atoms with van der Waals surface area (Å²) in [4.78, 5) is 12.1. The Hall–Kier alpha value is -4.95. The van der Waals surface area contributed by atoms with Crippen LogP contribution in [-0.4, -0.2) is 10.3 Å². The number of fused-ring (bicyclic) bond motifs is 1. The molecule has 0 bridgehead atoms. The Bertz CT molecular complexity index is 2050. The number of aldehydes is 1. The topological polar surface area (TPSA) is 69.6 Å². The summed E-state index contributed by atoms with van der Waals surface area (Å²) in [5.74, 6) is 0. The zero-order chi connectivity index (χ0) is 30.8. The molecule has 6 rings (SSSR count). The average Bonchev–Trinajstić information content (AvgIpc) is 3.37. The molecular weight excluding hydrogens is 596 g/mol. The van der Waals surface area contributed by atoms with Crippen LogP contribution in [0.5, 0.6) is 0 Å². The molecule has 0 saturated carbocycles.